The topological polar surface area (TPSA) is 124 Å². The van der Waals surface area contributed by atoms with Gasteiger partial charge in [-0.3, -0.25) is 0 Å². The van der Waals surface area contributed by atoms with Crippen molar-refractivity contribution in [3.8, 4) is 11.4 Å². The van der Waals surface area contributed by atoms with E-state index in [2.05, 4.69) is 25.4 Å². The molecule has 2 aromatic heterocycles. The predicted molar refractivity (Wildman–Crippen MR) is 182 cm³/mol. The van der Waals surface area contributed by atoms with Gasteiger partial charge in [0.1, 0.15) is 42.0 Å². The van der Waals surface area contributed by atoms with E-state index in [4.69, 9.17) is 9.47 Å². The van der Waals surface area contributed by atoms with E-state index in [-0.39, 0.29) is 23.7 Å². The summed E-state index contributed by atoms with van der Waals surface area (Å²) in [6, 6.07) is 16.9. The monoisotopic (exact) mass is 686 g/mol. The van der Waals surface area contributed by atoms with E-state index in [1.54, 1.807) is 17.9 Å². The Balaban J connectivity index is 1.03. The SMILES string of the molecule is CCC(C(C)O)n1ncn(-c2ccc(N3CCNc4ccc(OCC5COC(Cn6cncn6)(c6ccc(F)cc6F)C5)cc4C3)cc2)c1=O. The molecule has 262 valence electrons. The van der Waals surface area contributed by atoms with Gasteiger partial charge in [-0.1, -0.05) is 13.0 Å². The number of aliphatic hydroxyl groups excluding tert-OH is 1. The van der Waals surface area contributed by atoms with Gasteiger partial charge in [0.25, 0.3) is 0 Å². The first-order valence-electron chi connectivity index (χ1n) is 16.8. The van der Waals surface area contributed by atoms with Crippen molar-refractivity contribution in [2.24, 2.45) is 5.92 Å². The fraction of sp³-hybridized carbons (Fsp3) is 0.389. The number of ether oxygens (including phenoxy) is 2. The Hall–Kier alpha value is -5.08. The quantitative estimate of drug-likeness (QED) is 0.204. The van der Waals surface area contributed by atoms with Gasteiger partial charge in [0.15, 0.2) is 0 Å². The lowest BCUT2D eigenvalue weighted by Gasteiger charge is -2.29. The zero-order chi connectivity index (χ0) is 34.8. The number of aromatic nitrogens is 6. The third-order valence-corrected chi connectivity index (χ3v) is 9.62. The third kappa shape index (κ3) is 6.72. The minimum absolute atomic E-state index is 0.0468. The maximum absolute atomic E-state index is 15.0. The van der Waals surface area contributed by atoms with Crippen molar-refractivity contribution in [1.29, 1.82) is 0 Å². The maximum atomic E-state index is 15.0. The summed E-state index contributed by atoms with van der Waals surface area (Å²) < 4.78 is 45.8. The number of fused-ring (bicyclic) bond motifs is 1. The zero-order valence-corrected chi connectivity index (χ0v) is 28.0. The number of rotatable bonds is 11. The van der Waals surface area contributed by atoms with Crippen LogP contribution in [0, 0.1) is 17.6 Å². The normalized spacial score (nSPS) is 20.2. The number of nitrogens with zero attached hydrogens (tertiary/aromatic N) is 7. The van der Waals surface area contributed by atoms with Crippen molar-refractivity contribution in [3.05, 3.63) is 113 Å². The van der Waals surface area contributed by atoms with Crippen LogP contribution >= 0.6 is 0 Å². The maximum Gasteiger partial charge on any atom is 0.350 e. The number of aliphatic hydroxyl groups is 1. The highest BCUT2D eigenvalue weighted by Crippen LogP contribution is 2.42. The highest BCUT2D eigenvalue weighted by Gasteiger charge is 2.44. The first kappa shape index (κ1) is 33.4. The van der Waals surface area contributed by atoms with E-state index >= 15 is 4.39 Å². The molecule has 0 aliphatic carbocycles. The number of halogens is 2. The number of anilines is 2. The number of nitrogens with one attached hydrogen (secondary N) is 1. The van der Waals surface area contributed by atoms with Gasteiger partial charge in [-0.05, 0) is 73.9 Å². The van der Waals surface area contributed by atoms with Crippen molar-refractivity contribution in [2.75, 3.05) is 36.5 Å². The van der Waals surface area contributed by atoms with Gasteiger partial charge >= 0.3 is 5.69 Å². The van der Waals surface area contributed by atoms with Crippen LogP contribution in [0.2, 0.25) is 0 Å². The molecule has 0 bridgehead atoms. The molecular weight excluding hydrogens is 646 g/mol. The summed E-state index contributed by atoms with van der Waals surface area (Å²) in [6.45, 7) is 6.65. The fourth-order valence-electron chi connectivity index (χ4n) is 7.06. The number of hydrogen-bond acceptors (Lipinski definition) is 9. The molecule has 0 radical (unpaired) electrons. The molecule has 0 amide bonds. The van der Waals surface area contributed by atoms with Crippen molar-refractivity contribution < 1.29 is 23.4 Å². The molecule has 2 aliphatic heterocycles. The Labute approximate surface area is 287 Å². The predicted octanol–water partition coefficient (Wildman–Crippen LogP) is 4.68. The van der Waals surface area contributed by atoms with Crippen LogP contribution in [-0.4, -0.2) is 66.6 Å². The summed E-state index contributed by atoms with van der Waals surface area (Å²) in [5.41, 5.74) is 2.74. The lowest BCUT2D eigenvalue weighted by Crippen LogP contribution is -2.32. The Kier molecular flexibility index (Phi) is 9.38. The summed E-state index contributed by atoms with van der Waals surface area (Å²) in [5, 5.41) is 22.1. The molecule has 4 heterocycles. The zero-order valence-electron chi connectivity index (χ0n) is 28.0. The van der Waals surface area contributed by atoms with Crippen LogP contribution in [0.25, 0.3) is 5.69 Å². The van der Waals surface area contributed by atoms with Gasteiger partial charge < -0.3 is 24.8 Å². The van der Waals surface area contributed by atoms with Gasteiger partial charge in [-0.2, -0.15) is 10.2 Å². The van der Waals surface area contributed by atoms with E-state index in [0.717, 1.165) is 36.1 Å². The molecule has 1 saturated heterocycles. The fourth-order valence-corrected chi connectivity index (χ4v) is 7.06. The average Bonchev–Trinajstić information content (AvgIpc) is 3.82. The first-order chi connectivity index (χ1) is 24.2. The van der Waals surface area contributed by atoms with Gasteiger partial charge in [-0.25, -0.2) is 32.5 Å². The second-order valence-corrected chi connectivity index (χ2v) is 13.0. The Morgan fingerprint density at radius 1 is 1.08 bits per heavy atom. The van der Waals surface area contributed by atoms with E-state index in [0.29, 0.717) is 44.0 Å². The summed E-state index contributed by atoms with van der Waals surface area (Å²) >= 11 is 0. The highest BCUT2D eigenvalue weighted by atomic mass is 19.1. The lowest BCUT2D eigenvalue weighted by atomic mass is 9.87. The Bertz CT molecular complexity index is 1980. The minimum atomic E-state index is -1.04. The molecule has 4 unspecified atom stereocenters. The Morgan fingerprint density at radius 2 is 1.90 bits per heavy atom. The summed E-state index contributed by atoms with van der Waals surface area (Å²) in [7, 11) is 0. The number of benzene rings is 3. The molecule has 50 heavy (non-hydrogen) atoms. The van der Waals surface area contributed by atoms with E-state index in [1.165, 1.54) is 34.0 Å². The number of hydrogen-bond donors (Lipinski definition) is 2. The molecule has 7 rings (SSSR count). The van der Waals surface area contributed by atoms with Crippen LogP contribution in [0.15, 0.2) is 84.4 Å². The standard InChI is InChI=1S/C36H40F2N8O4/c1-3-34(24(2)47)46-35(48)45(23-42-46)29-7-5-28(6-8-29)43-13-12-40-33-11-9-30(14-26(33)17-43)49-18-25-16-36(50-19-25,20-44-22-39-21-41-44)31-10-4-27(37)15-32(31)38/h4-11,14-15,21-25,34,40,47H,3,12-13,16-20H2,1-2H3. The third-order valence-electron chi connectivity index (χ3n) is 9.62. The van der Waals surface area contributed by atoms with Crippen molar-refractivity contribution in [1.82, 2.24) is 29.1 Å². The van der Waals surface area contributed by atoms with Crippen LogP contribution in [0.3, 0.4) is 0 Å². The van der Waals surface area contributed by atoms with Crippen LogP contribution in [0.1, 0.15) is 43.9 Å². The Morgan fingerprint density at radius 3 is 2.64 bits per heavy atom. The van der Waals surface area contributed by atoms with Crippen LogP contribution in [0.5, 0.6) is 5.75 Å². The summed E-state index contributed by atoms with van der Waals surface area (Å²) in [4.78, 5) is 19.4. The molecule has 4 atom stereocenters. The molecule has 3 aromatic carbocycles. The van der Waals surface area contributed by atoms with Gasteiger partial charge in [-0.15, -0.1) is 0 Å². The van der Waals surface area contributed by atoms with Crippen molar-refractivity contribution >= 4 is 11.4 Å². The van der Waals surface area contributed by atoms with E-state index in [1.807, 2.05) is 49.4 Å². The van der Waals surface area contributed by atoms with Gasteiger partial charge in [0, 0.05) is 48.6 Å². The molecule has 5 aromatic rings. The largest absolute Gasteiger partial charge is 0.493 e. The van der Waals surface area contributed by atoms with Crippen molar-refractivity contribution in [2.45, 2.75) is 57.5 Å². The molecule has 2 N–H and O–H groups in total. The second-order valence-electron chi connectivity index (χ2n) is 13.0. The molecule has 1 fully saturated rings. The van der Waals surface area contributed by atoms with Gasteiger partial charge in [0.05, 0.1) is 37.6 Å². The average molecular weight is 687 g/mol. The lowest BCUT2D eigenvalue weighted by molar-refractivity contribution is -0.0206. The second kappa shape index (κ2) is 14.0. The first-order valence-corrected chi connectivity index (χ1v) is 16.8. The minimum Gasteiger partial charge on any atom is -0.493 e. The molecule has 12 nitrogen and oxygen atoms in total. The highest BCUT2D eigenvalue weighted by molar-refractivity contribution is 5.59. The van der Waals surface area contributed by atoms with Crippen molar-refractivity contribution in [3.63, 3.8) is 0 Å². The molecule has 2 aliphatic rings. The van der Waals surface area contributed by atoms with Crippen LogP contribution < -0.4 is 20.6 Å². The van der Waals surface area contributed by atoms with E-state index < -0.39 is 29.4 Å². The molecule has 0 spiro atoms. The molecular formula is C36H40F2N8O4. The van der Waals surface area contributed by atoms with Crippen LogP contribution in [-0.2, 0) is 23.4 Å². The summed E-state index contributed by atoms with van der Waals surface area (Å²) in [5.74, 6) is -0.641. The van der Waals surface area contributed by atoms with Crippen LogP contribution in [0.4, 0.5) is 20.2 Å². The molecule has 14 heteroatoms. The smallest absolute Gasteiger partial charge is 0.350 e. The van der Waals surface area contributed by atoms with Gasteiger partial charge in [0.2, 0.25) is 0 Å². The summed E-state index contributed by atoms with van der Waals surface area (Å²) in [6.07, 6.45) is 4.80. The molecule has 0 saturated carbocycles. The van der Waals surface area contributed by atoms with E-state index in [9.17, 15) is 14.3 Å².